The van der Waals surface area contributed by atoms with Gasteiger partial charge in [0.05, 0.1) is 12.1 Å². The van der Waals surface area contributed by atoms with E-state index in [1.807, 2.05) is 59.5 Å². The highest BCUT2D eigenvalue weighted by molar-refractivity contribution is 6.31. The van der Waals surface area contributed by atoms with Gasteiger partial charge in [-0.05, 0) is 41.9 Å². The van der Waals surface area contributed by atoms with Gasteiger partial charge in [-0.15, -0.1) is 0 Å². The number of rotatable bonds is 5. The number of piperidine rings is 1. The quantitative estimate of drug-likeness (QED) is 0.725. The van der Waals surface area contributed by atoms with E-state index in [9.17, 15) is 9.90 Å². The molecule has 1 aliphatic rings. The molecule has 0 bridgehead atoms. The Kier molecular flexibility index (Phi) is 6.97. The maximum Gasteiger partial charge on any atom is 0.317 e. The summed E-state index contributed by atoms with van der Waals surface area (Å²) in [6.07, 6.45) is 1.11. The molecular formula is C23H29ClN2O2. The van der Waals surface area contributed by atoms with Gasteiger partial charge in [-0.2, -0.15) is 0 Å². The Hall–Kier alpha value is -2.04. The zero-order chi connectivity index (χ0) is 20.1. The monoisotopic (exact) mass is 400 g/mol. The Morgan fingerprint density at radius 1 is 1.07 bits per heavy atom. The van der Waals surface area contributed by atoms with Crippen molar-refractivity contribution in [1.29, 1.82) is 0 Å². The second kappa shape index (κ2) is 9.44. The number of amides is 2. The van der Waals surface area contributed by atoms with Gasteiger partial charge in [0, 0.05) is 18.1 Å². The molecule has 4 nitrogen and oxygen atoms in total. The van der Waals surface area contributed by atoms with Crippen LogP contribution in [0.1, 0.15) is 50.0 Å². The summed E-state index contributed by atoms with van der Waals surface area (Å²) in [5, 5.41) is 14.5. The smallest absolute Gasteiger partial charge is 0.317 e. The summed E-state index contributed by atoms with van der Waals surface area (Å²) in [6, 6.07) is 17.2. The van der Waals surface area contributed by atoms with Crippen LogP contribution in [-0.2, 0) is 0 Å². The van der Waals surface area contributed by atoms with E-state index in [0.717, 1.165) is 24.0 Å². The van der Waals surface area contributed by atoms with Crippen LogP contribution in [0.15, 0.2) is 54.6 Å². The molecule has 1 saturated heterocycles. The van der Waals surface area contributed by atoms with E-state index < -0.39 is 6.10 Å². The van der Waals surface area contributed by atoms with E-state index in [0.29, 0.717) is 18.1 Å². The van der Waals surface area contributed by atoms with E-state index in [1.165, 1.54) is 0 Å². The second-order valence-corrected chi connectivity index (χ2v) is 8.28. The minimum Gasteiger partial charge on any atom is -0.388 e. The highest BCUT2D eigenvalue weighted by atomic mass is 35.5. The number of likely N-dealkylation sites (tertiary alicyclic amines) is 1. The molecule has 2 atom stereocenters. The molecule has 150 valence electrons. The first-order valence-corrected chi connectivity index (χ1v) is 10.4. The van der Waals surface area contributed by atoms with Gasteiger partial charge in [-0.25, -0.2) is 4.79 Å². The summed E-state index contributed by atoms with van der Waals surface area (Å²) >= 11 is 6.35. The fourth-order valence-corrected chi connectivity index (χ4v) is 4.15. The van der Waals surface area contributed by atoms with Gasteiger partial charge in [0.25, 0.3) is 0 Å². The second-order valence-electron chi connectivity index (χ2n) is 7.87. The topological polar surface area (TPSA) is 52.6 Å². The Labute approximate surface area is 172 Å². The van der Waals surface area contributed by atoms with Crippen LogP contribution in [0, 0.1) is 11.8 Å². The van der Waals surface area contributed by atoms with Gasteiger partial charge < -0.3 is 15.3 Å². The first-order valence-electron chi connectivity index (χ1n) is 10.00. The van der Waals surface area contributed by atoms with Crippen LogP contribution in [-0.4, -0.2) is 29.1 Å². The van der Waals surface area contributed by atoms with Crippen LogP contribution >= 0.6 is 11.6 Å². The normalized spacial score (nSPS) is 17.4. The number of aliphatic hydroxyl groups excluding tert-OH is 1. The Balaban J connectivity index is 1.59. The Morgan fingerprint density at radius 2 is 1.68 bits per heavy atom. The number of halogens is 1. The fourth-order valence-electron chi connectivity index (χ4n) is 3.90. The van der Waals surface area contributed by atoms with Crippen LogP contribution in [0.2, 0.25) is 5.02 Å². The van der Waals surface area contributed by atoms with Crippen LogP contribution in [0.5, 0.6) is 0 Å². The summed E-state index contributed by atoms with van der Waals surface area (Å²) in [7, 11) is 0. The highest BCUT2D eigenvalue weighted by Crippen LogP contribution is 2.32. The molecule has 2 amide bonds. The Morgan fingerprint density at radius 3 is 2.29 bits per heavy atom. The van der Waals surface area contributed by atoms with Crippen LogP contribution < -0.4 is 5.32 Å². The number of aliphatic hydroxyl groups is 1. The number of hydrogen-bond donors (Lipinski definition) is 2. The van der Waals surface area contributed by atoms with Gasteiger partial charge in [0.2, 0.25) is 0 Å². The minimum atomic E-state index is -0.474. The largest absolute Gasteiger partial charge is 0.388 e. The molecule has 5 heteroatoms. The first kappa shape index (κ1) is 20.7. The van der Waals surface area contributed by atoms with E-state index in [2.05, 4.69) is 19.2 Å². The van der Waals surface area contributed by atoms with Crippen molar-refractivity contribution < 1.29 is 9.90 Å². The lowest BCUT2D eigenvalue weighted by Gasteiger charge is -2.36. The standard InChI is InChI=1S/C23H29ClN2O2/c1-16(2)21(19-10-6-7-11-20(19)24)25-23(28)26-14-12-18(13-15-26)22(27)17-8-4-3-5-9-17/h3-11,16,18,21-22,27H,12-15H2,1-2H3,(H,25,28). The van der Waals surface area contributed by atoms with Crippen molar-refractivity contribution >= 4 is 17.6 Å². The SMILES string of the molecule is CC(C)C(NC(=O)N1CCC(C(O)c2ccccc2)CC1)c1ccccc1Cl. The lowest BCUT2D eigenvalue weighted by molar-refractivity contribution is 0.0658. The molecule has 0 aromatic heterocycles. The van der Waals surface area contributed by atoms with Crippen molar-refractivity contribution in [3.8, 4) is 0 Å². The van der Waals surface area contributed by atoms with Crippen LogP contribution in [0.4, 0.5) is 4.79 Å². The maximum absolute atomic E-state index is 12.9. The molecule has 1 heterocycles. The molecule has 0 spiro atoms. The molecule has 0 saturated carbocycles. The van der Waals surface area contributed by atoms with Gasteiger partial charge >= 0.3 is 6.03 Å². The van der Waals surface area contributed by atoms with Gasteiger partial charge in [-0.1, -0.05) is 74.0 Å². The maximum atomic E-state index is 12.9. The van der Waals surface area contributed by atoms with Crippen LogP contribution in [0.3, 0.4) is 0 Å². The number of urea groups is 1. The molecule has 2 aromatic rings. The number of hydrogen-bond acceptors (Lipinski definition) is 2. The van der Waals surface area contributed by atoms with Crippen molar-refractivity contribution in [3.63, 3.8) is 0 Å². The number of benzene rings is 2. The van der Waals surface area contributed by atoms with E-state index in [4.69, 9.17) is 11.6 Å². The summed E-state index contributed by atoms with van der Waals surface area (Å²) < 4.78 is 0. The summed E-state index contributed by atoms with van der Waals surface area (Å²) in [4.78, 5) is 14.7. The third kappa shape index (κ3) is 4.86. The molecule has 1 fully saturated rings. The zero-order valence-electron chi connectivity index (χ0n) is 16.5. The van der Waals surface area contributed by atoms with E-state index >= 15 is 0 Å². The van der Waals surface area contributed by atoms with E-state index in [1.54, 1.807) is 0 Å². The van der Waals surface area contributed by atoms with Crippen LogP contribution in [0.25, 0.3) is 0 Å². The number of carbonyl (C=O) groups excluding carboxylic acids is 1. The first-order chi connectivity index (χ1) is 13.5. The number of nitrogens with zero attached hydrogens (tertiary/aromatic N) is 1. The molecular weight excluding hydrogens is 372 g/mol. The van der Waals surface area contributed by atoms with Crippen molar-refractivity contribution in [1.82, 2.24) is 10.2 Å². The average molecular weight is 401 g/mol. The average Bonchev–Trinajstić information content (AvgIpc) is 2.72. The molecule has 3 rings (SSSR count). The number of nitrogens with one attached hydrogen (secondary N) is 1. The lowest BCUT2D eigenvalue weighted by Crippen LogP contribution is -2.47. The summed E-state index contributed by atoms with van der Waals surface area (Å²) in [5.41, 5.74) is 1.89. The van der Waals surface area contributed by atoms with Gasteiger partial charge in [0.15, 0.2) is 0 Å². The fraction of sp³-hybridized carbons (Fsp3) is 0.435. The minimum absolute atomic E-state index is 0.0636. The molecule has 2 N–H and O–H groups in total. The molecule has 2 unspecified atom stereocenters. The van der Waals surface area contributed by atoms with Gasteiger partial charge in [0.1, 0.15) is 0 Å². The number of carbonyl (C=O) groups is 1. The van der Waals surface area contributed by atoms with E-state index in [-0.39, 0.29) is 23.9 Å². The zero-order valence-corrected chi connectivity index (χ0v) is 17.3. The molecule has 0 aliphatic carbocycles. The Bertz CT molecular complexity index is 773. The lowest BCUT2D eigenvalue weighted by atomic mass is 9.87. The van der Waals surface area contributed by atoms with Gasteiger partial charge in [-0.3, -0.25) is 0 Å². The van der Waals surface area contributed by atoms with Crippen molar-refractivity contribution in [2.24, 2.45) is 11.8 Å². The van der Waals surface area contributed by atoms with Crippen molar-refractivity contribution in [2.45, 2.75) is 38.8 Å². The summed E-state index contributed by atoms with van der Waals surface area (Å²) in [5.74, 6) is 0.400. The predicted octanol–water partition coefficient (Wildman–Crippen LogP) is 5.19. The van der Waals surface area contributed by atoms with Crippen molar-refractivity contribution in [3.05, 3.63) is 70.7 Å². The highest BCUT2D eigenvalue weighted by Gasteiger charge is 2.30. The third-order valence-corrected chi connectivity index (χ3v) is 5.94. The third-order valence-electron chi connectivity index (χ3n) is 5.60. The predicted molar refractivity (Wildman–Crippen MR) is 113 cm³/mol. The molecule has 2 aromatic carbocycles. The molecule has 1 aliphatic heterocycles. The molecule has 28 heavy (non-hydrogen) atoms. The summed E-state index contributed by atoms with van der Waals surface area (Å²) in [6.45, 7) is 5.45. The molecule has 0 radical (unpaired) electrons. The van der Waals surface area contributed by atoms with Crippen molar-refractivity contribution in [2.75, 3.05) is 13.1 Å².